The Hall–Kier alpha value is -2.60. The van der Waals surface area contributed by atoms with Crippen molar-refractivity contribution in [1.29, 1.82) is 5.26 Å². The number of carbonyl (C=O) groups is 1. The fourth-order valence-electron chi connectivity index (χ4n) is 2.20. The Morgan fingerprint density at radius 1 is 1.14 bits per heavy atom. The first-order valence-corrected chi connectivity index (χ1v) is 6.87. The molecule has 0 aromatic heterocycles. The highest BCUT2D eigenvalue weighted by molar-refractivity contribution is 5.91. The normalized spacial score (nSPS) is 10.0. The second kappa shape index (κ2) is 6.23. The zero-order valence-electron chi connectivity index (χ0n) is 12.4. The molecule has 21 heavy (non-hydrogen) atoms. The predicted molar refractivity (Wildman–Crippen MR) is 81.4 cm³/mol. The van der Waals surface area contributed by atoms with Crippen LogP contribution >= 0.6 is 0 Å². The number of esters is 1. The molecule has 0 heterocycles. The predicted octanol–water partition coefficient (Wildman–Crippen LogP) is 3.96. The van der Waals surface area contributed by atoms with Crippen LogP contribution in [0.2, 0.25) is 0 Å². The highest BCUT2D eigenvalue weighted by Crippen LogP contribution is 2.25. The van der Waals surface area contributed by atoms with Gasteiger partial charge in [0.15, 0.2) is 0 Å². The molecule has 2 aromatic rings. The van der Waals surface area contributed by atoms with Crippen LogP contribution in [-0.4, -0.2) is 5.97 Å². The van der Waals surface area contributed by atoms with Crippen LogP contribution < -0.4 is 4.74 Å². The molecule has 0 fully saturated rings. The van der Waals surface area contributed by atoms with E-state index in [1.807, 2.05) is 26.0 Å². The van der Waals surface area contributed by atoms with Gasteiger partial charge in [-0.15, -0.1) is 0 Å². The second-order valence-electron chi connectivity index (χ2n) is 4.99. The lowest BCUT2D eigenvalue weighted by atomic mass is 10.1. The van der Waals surface area contributed by atoms with Gasteiger partial charge in [-0.05, 0) is 61.2 Å². The summed E-state index contributed by atoms with van der Waals surface area (Å²) >= 11 is 0. The van der Waals surface area contributed by atoms with Crippen molar-refractivity contribution in [2.45, 2.75) is 27.2 Å². The van der Waals surface area contributed by atoms with Crippen molar-refractivity contribution in [2.75, 3.05) is 0 Å². The number of rotatable bonds is 3. The molecule has 0 atom stereocenters. The number of nitriles is 1. The van der Waals surface area contributed by atoms with Gasteiger partial charge < -0.3 is 4.74 Å². The molecule has 0 bridgehead atoms. The molecule has 2 aromatic carbocycles. The Balaban J connectivity index is 2.25. The number of carbonyl (C=O) groups excluding carboxylic acids is 1. The van der Waals surface area contributed by atoms with E-state index in [4.69, 9.17) is 10.00 Å². The third-order valence-corrected chi connectivity index (χ3v) is 3.38. The molecule has 0 saturated carbocycles. The second-order valence-corrected chi connectivity index (χ2v) is 4.99. The maximum Gasteiger partial charge on any atom is 0.343 e. The molecule has 0 N–H and O–H groups in total. The fourth-order valence-corrected chi connectivity index (χ4v) is 2.20. The summed E-state index contributed by atoms with van der Waals surface area (Å²) in [6, 6.07) is 12.9. The highest BCUT2D eigenvalue weighted by atomic mass is 16.5. The number of nitrogens with zero attached hydrogens (tertiary/aromatic N) is 1. The van der Waals surface area contributed by atoms with E-state index in [9.17, 15) is 4.79 Å². The van der Waals surface area contributed by atoms with Crippen LogP contribution in [0, 0.1) is 25.2 Å². The summed E-state index contributed by atoms with van der Waals surface area (Å²) in [5.74, 6) is 0.145. The molecule has 0 amide bonds. The molecule has 0 spiro atoms. The average molecular weight is 279 g/mol. The Bertz CT molecular complexity index is 686. The van der Waals surface area contributed by atoms with Gasteiger partial charge in [0.2, 0.25) is 0 Å². The monoisotopic (exact) mass is 279 g/mol. The minimum absolute atomic E-state index is 0.381. The van der Waals surface area contributed by atoms with Gasteiger partial charge in [0, 0.05) is 0 Å². The molecule has 106 valence electrons. The van der Waals surface area contributed by atoms with Crippen molar-refractivity contribution in [1.82, 2.24) is 0 Å². The van der Waals surface area contributed by atoms with Crippen molar-refractivity contribution in [3.05, 3.63) is 64.2 Å². The van der Waals surface area contributed by atoms with E-state index >= 15 is 0 Å². The van der Waals surface area contributed by atoms with Gasteiger partial charge in [0.25, 0.3) is 0 Å². The molecular weight excluding hydrogens is 262 g/mol. The van der Waals surface area contributed by atoms with Gasteiger partial charge in [-0.1, -0.05) is 19.1 Å². The summed E-state index contributed by atoms with van der Waals surface area (Å²) in [5.41, 5.74) is 3.83. The van der Waals surface area contributed by atoms with E-state index < -0.39 is 0 Å². The molecular formula is C18H17NO2. The standard InChI is InChI=1S/C18H17NO2/c1-4-14-5-7-16(8-6-14)18(20)21-17-12(2)9-15(11-19)10-13(17)3/h5-10H,4H2,1-3H3. The first-order valence-electron chi connectivity index (χ1n) is 6.87. The van der Waals surface area contributed by atoms with Crippen LogP contribution in [0.25, 0.3) is 0 Å². The van der Waals surface area contributed by atoms with Gasteiger partial charge in [-0.2, -0.15) is 5.26 Å². The van der Waals surface area contributed by atoms with Crippen molar-refractivity contribution >= 4 is 5.97 Å². The lowest BCUT2D eigenvalue weighted by molar-refractivity contribution is 0.0732. The number of ether oxygens (including phenoxy) is 1. The number of hydrogen-bond acceptors (Lipinski definition) is 3. The minimum Gasteiger partial charge on any atom is -0.422 e. The number of benzene rings is 2. The molecule has 0 radical (unpaired) electrons. The lowest BCUT2D eigenvalue weighted by Gasteiger charge is -2.11. The van der Waals surface area contributed by atoms with Crippen LogP contribution in [0.3, 0.4) is 0 Å². The maximum atomic E-state index is 12.2. The molecule has 2 rings (SSSR count). The highest BCUT2D eigenvalue weighted by Gasteiger charge is 2.13. The van der Waals surface area contributed by atoms with Crippen molar-refractivity contribution in [3.63, 3.8) is 0 Å². The van der Waals surface area contributed by atoms with Gasteiger partial charge in [-0.3, -0.25) is 0 Å². The van der Waals surface area contributed by atoms with Crippen LogP contribution in [0.15, 0.2) is 36.4 Å². The van der Waals surface area contributed by atoms with Gasteiger partial charge in [0.05, 0.1) is 17.2 Å². The Labute approximate surface area is 124 Å². The van der Waals surface area contributed by atoms with E-state index in [2.05, 4.69) is 13.0 Å². The van der Waals surface area contributed by atoms with Gasteiger partial charge in [-0.25, -0.2) is 4.79 Å². The first-order chi connectivity index (χ1) is 10.0. The average Bonchev–Trinajstić information content (AvgIpc) is 2.50. The lowest BCUT2D eigenvalue weighted by Crippen LogP contribution is -2.10. The van der Waals surface area contributed by atoms with Gasteiger partial charge in [0.1, 0.15) is 5.75 Å². The first kappa shape index (κ1) is 14.8. The Kier molecular flexibility index (Phi) is 4.39. The van der Waals surface area contributed by atoms with E-state index in [-0.39, 0.29) is 5.97 Å². The summed E-state index contributed by atoms with van der Waals surface area (Å²) < 4.78 is 5.49. The minimum atomic E-state index is -0.381. The van der Waals surface area contributed by atoms with Crippen molar-refractivity contribution < 1.29 is 9.53 Å². The third kappa shape index (κ3) is 3.29. The summed E-state index contributed by atoms with van der Waals surface area (Å²) in [6.45, 7) is 5.73. The molecule has 3 nitrogen and oxygen atoms in total. The Morgan fingerprint density at radius 2 is 1.71 bits per heavy atom. The summed E-state index contributed by atoms with van der Waals surface area (Å²) in [5, 5.41) is 8.93. The molecule has 0 saturated heterocycles. The molecule has 0 aliphatic carbocycles. The van der Waals surface area contributed by atoms with E-state index in [1.165, 1.54) is 5.56 Å². The van der Waals surface area contributed by atoms with E-state index in [1.54, 1.807) is 24.3 Å². The quantitative estimate of drug-likeness (QED) is 0.631. The number of hydrogen-bond donors (Lipinski definition) is 0. The van der Waals surface area contributed by atoms with Crippen LogP contribution in [0.1, 0.15) is 39.5 Å². The van der Waals surface area contributed by atoms with Crippen LogP contribution in [0.4, 0.5) is 0 Å². The van der Waals surface area contributed by atoms with E-state index in [0.717, 1.165) is 17.5 Å². The molecule has 3 heteroatoms. The summed E-state index contributed by atoms with van der Waals surface area (Å²) in [7, 11) is 0. The fraction of sp³-hybridized carbons (Fsp3) is 0.222. The zero-order chi connectivity index (χ0) is 15.4. The van der Waals surface area contributed by atoms with Crippen LogP contribution in [0.5, 0.6) is 5.75 Å². The Morgan fingerprint density at radius 3 is 2.19 bits per heavy atom. The van der Waals surface area contributed by atoms with Crippen molar-refractivity contribution in [2.24, 2.45) is 0 Å². The molecule has 0 unspecified atom stereocenters. The molecule has 0 aliphatic heterocycles. The van der Waals surface area contributed by atoms with E-state index in [0.29, 0.717) is 16.9 Å². The maximum absolute atomic E-state index is 12.2. The third-order valence-electron chi connectivity index (χ3n) is 3.38. The SMILES string of the molecule is CCc1ccc(C(=O)Oc2c(C)cc(C#N)cc2C)cc1. The summed E-state index contributed by atoms with van der Waals surface area (Å²) in [6.07, 6.45) is 0.934. The van der Waals surface area contributed by atoms with Crippen LogP contribution in [-0.2, 0) is 6.42 Å². The largest absolute Gasteiger partial charge is 0.422 e. The van der Waals surface area contributed by atoms with Crippen molar-refractivity contribution in [3.8, 4) is 11.8 Å². The topological polar surface area (TPSA) is 50.1 Å². The smallest absolute Gasteiger partial charge is 0.343 e. The van der Waals surface area contributed by atoms with Gasteiger partial charge >= 0.3 is 5.97 Å². The molecule has 0 aliphatic rings. The number of aryl methyl sites for hydroxylation is 3. The zero-order valence-corrected chi connectivity index (χ0v) is 12.4. The summed E-state index contributed by atoms with van der Waals surface area (Å²) in [4.78, 5) is 12.2.